The van der Waals surface area contributed by atoms with E-state index in [1.54, 1.807) is 48.8 Å². The van der Waals surface area contributed by atoms with E-state index in [0.717, 1.165) is 11.1 Å². The topological polar surface area (TPSA) is 187 Å². The Balaban J connectivity index is 0.000000522. The molecule has 0 aliphatic rings. The predicted octanol–water partition coefficient (Wildman–Crippen LogP) is 4.45. The first-order valence-corrected chi connectivity index (χ1v) is 11.2. The zero-order valence-electron chi connectivity index (χ0n) is 21.1. The van der Waals surface area contributed by atoms with Gasteiger partial charge in [0.25, 0.3) is 5.91 Å². The number of nitrogens with one attached hydrogen (secondary N) is 2. The lowest BCUT2D eigenvalue weighted by atomic mass is 10.1. The minimum atomic E-state index is -5.08. The number of carboxylic acid groups (broad SMARTS) is 2. The van der Waals surface area contributed by atoms with Gasteiger partial charge in [-0.15, -0.1) is 0 Å². The standard InChI is InChI=1S/C22H20N4O2.2C2HF3O2/c23-21(24)18-9-10-20(27)17(13-18)3-2-12-26-22(28)16-7-5-15(6-8-16)19-4-1-11-25-14-19;2*3-2(4,5)1(6)7/h1-11,13-14,27H,12H2,(H3,23,24)(H,26,28);2*(H,6,7)/b3-2+;;. The number of nitrogens with zero attached hydrogens (tertiary/aromatic N) is 1. The Morgan fingerprint density at radius 3 is 1.86 bits per heavy atom. The molecule has 42 heavy (non-hydrogen) atoms. The molecule has 0 aliphatic heterocycles. The number of aliphatic carboxylic acids is 2. The minimum Gasteiger partial charge on any atom is -0.507 e. The Hall–Kier alpha value is -5.41. The summed E-state index contributed by atoms with van der Waals surface area (Å²) in [7, 11) is 0. The molecule has 1 aromatic heterocycles. The highest BCUT2D eigenvalue weighted by Crippen LogP contribution is 2.20. The second-order valence-corrected chi connectivity index (χ2v) is 7.72. The first kappa shape index (κ1) is 34.6. The van der Waals surface area contributed by atoms with Gasteiger partial charge in [-0.1, -0.05) is 30.4 Å². The smallest absolute Gasteiger partial charge is 0.490 e. The van der Waals surface area contributed by atoms with Gasteiger partial charge in [0.15, 0.2) is 0 Å². The quantitative estimate of drug-likeness (QED) is 0.136. The van der Waals surface area contributed by atoms with Crippen LogP contribution in [0.4, 0.5) is 26.3 Å². The number of nitrogen functional groups attached to an aromatic ring is 1. The number of alkyl halides is 6. The Morgan fingerprint density at radius 1 is 0.881 bits per heavy atom. The molecule has 1 heterocycles. The molecule has 0 radical (unpaired) electrons. The fourth-order valence-electron chi connectivity index (χ4n) is 2.64. The van der Waals surface area contributed by atoms with Crippen LogP contribution in [0.2, 0.25) is 0 Å². The number of aromatic nitrogens is 1. The average Bonchev–Trinajstić information content (AvgIpc) is 2.92. The van der Waals surface area contributed by atoms with Crippen molar-refractivity contribution in [2.75, 3.05) is 6.54 Å². The summed E-state index contributed by atoms with van der Waals surface area (Å²) in [6, 6.07) is 15.8. The van der Waals surface area contributed by atoms with Gasteiger partial charge in [0, 0.05) is 35.6 Å². The van der Waals surface area contributed by atoms with Gasteiger partial charge in [-0.05, 0) is 47.5 Å². The monoisotopic (exact) mass is 600 g/mol. The van der Waals surface area contributed by atoms with Gasteiger partial charge in [-0.3, -0.25) is 15.2 Å². The molecule has 0 aliphatic carbocycles. The van der Waals surface area contributed by atoms with Gasteiger partial charge in [0.1, 0.15) is 11.6 Å². The second-order valence-electron chi connectivity index (χ2n) is 7.72. The van der Waals surface area contributed by atoms with Crippen LogP contribution in [0.1, 0.15) is 21.5 Å². The minimum absolute atomic E-state index is 0.0716. The summed E-state index contributed by atoms with van der Waals surface area (Å²) in [6.45, 7) is 0.299. The Bertz CT molecular complexity index is 1390. The molecule has 3 aromatic rings. The van der Waals surface area contributed by atoms with Crippen LogP contribution in [0.15, 0.2) is 73.1 Å². The van der Waals surface area contributed by atoms with Crippen molar-refractivity contribution in [3.8, 4) is 16.9 Å². The highest BCUT2D eigenvalue weighted by Gasteiger charge is 2.38. The molecule has 0 fully saturated rings. The van der Waals surface area contributed by atoms with E-state index in [1.165, 1.54) is 6.07 Å². The zero-order valence-corrected chi connectivity index (χ0v) is 21.1. The molecular weight excluding hydrogens is 578 g/mol. The van der Waals surface area contributed by atoms with Crippen molar-refractivity contribution in [1.82, 2.24) is 10.3 Å². The molecule has 2 aromatic carbocycles. The van der Waals surface area contributed by atoms with E-state index in [0.29, 0.717) is 23.2 Å². The fourth-order valence-corrected chi connectivity index (χ4v) is 2.64. The van der Waals surface area contributed by atoms with E-state index in [4.69, 9.17) is 30.9 Å². The first-order valence-electron chi connectivity index (χ1n) is 11.2. The predicted molar refractivity (Wildman–Crippen MR) is 138 cm³/mol. The summed E-state index contributed by atoms with van der Waals surface area (Å²) in [5, 5.41) is 34.4. The molecule has 0 atom stereocenters. The molecule has 1 amide bonds. The molecule has 0 saturated carbocycles. The number of amidine groups is 1. The van der Waals surface area contributed by atoms with Gasteiger partial charge < -0.3 is 26.4 Å². The molecule has 0 saturated heterocycles. The largest absolute Gasteiger partial charge is 0.507 e. The fraction of sp³-hybridized carbons (Fsp3) is 0.115. The third-order valence-electron chi connectivity index (χ3n) is 4.64. The molecule has 0 spiro atoms. The summed E-state index contributed by atoms with van der Waals surface area (Å²) in [6.07, 6.45) is -3.28. The van der Waals surface area contributed by atoms with Crippen LogP contribution in [-0.2, 0) is 9.59 Å². The van der Waals surface area contributed by atoms with Crippen molar-refractivity contribution in [1.29, 1.82) is 5.41 Å². The molecule has 7 N–H and O–H groups in total. The number of halogens is 6. The van der Waals surface area contributed by atoms with Crippen LogP contribution in [-0.4, -0.2) is 62.9 Å². The lowest BCUT2D eigenvalue weighted by molar-refractivity contribution is -0.193. The highest BCUT2D eigenvalue weighted by molar-refractivity contribution is 5.96. The van der Waals surface area contributed by atoms with Gasteiger partial charge >= 0.3 is 24.3 Å². The Labute approximate surface area is 233 Å². The maximum absolute atomic E-state index is 12.3. The number of benzene rings is 2. The number of pyridine rings is 1. The van der Waals surface area contributed by atoms with Crippen LogP contribution in [0, 0.1) is 5.41 Å². The van der Waals surface area contributed by atoms with Crippen molar-refractivity contribution in [3.05, 3.63) is 89.8 Å². The van der Waals surface area contributed by atoms with E-state index >= 15 is 0 Å². The number of aromatic hydroxyl groups is 1. The number of carboxylic acids is 2. The number of amides is 1. The normalized spacial score (nSPS) is 10.9. The number of phenolic OH excluding ortho intramolecular Hbond substituents is 1. The molecule has 10 nitrogen and oxygen atoms in total. The summed E-state index contributed by atoms with van der Waals surface area (Å²) in [5.41, 5.74) is 9.05. The second kappa shape index (κ2) is 15.4. The van der Waals surface area contributed by atoms with Crippen LogP contribution >= 0.6 is 0 Å². The summed E-state index contributed by atoms with van der Waals surface area (Å²) >= 11 is 0. The number of nitrogens with two attached hydrogens (primary N) is 1. The van der Waals surface area contributed by atoms with Crippen LogP contribution in [0.5, 0.6) is 5.75 Å². The van der Waals surface area contributed by atoms with Crippen molar-refractivity contribution in [3.63, 3.8) is 0 Å². The molecule has 224 valence electrons. The van der Waals surface area contributed by atoms with E-state index in [-0.39, 0.29) is 17.5 Å². The molecular formula is C26H22F6N4O6. The zero-order chi connectivity index (χ0) is 32.1. The van der Waals surface area contributed by atoms with Crippen LogP contribution in [0.25, 0.3) is 17.2 Å². The lowest BCUT2D eigenvalue weighted by Gasteiger charge is -2.05. The maximum atomic E-state index is 12.3. The number of phenols is 1. The third kappa shape index (κ3) is 12.2. The molecule has 16 heteroatoms. The Morgan fingerprint density at radius 2 is 1.40 bits per heavy atom. The van der Waals surface area contributed by atoms with Crippen molar-refractivity contribution < 1.29 is 56.0 Å². The maximum Gasteiger partial charge on any atom is 0.490 e. The van der Waals surface area contributed by atoms with Gasteiger partial charge in [-0.25, -0.2) is 9.59 Å². The van der Waals surface area contributed by atoms with Crippen molar-refractivity contribution >= 4 is 29.8 Å². The number of rotatable bonds is 6. The molecule has 3 rings (SSSR count). The first-order chi connectivity index (χ1) is 19.4. The number of carbonyl (C=O) groups excluding carboxylic acids is 1. The number of hydrogen-bond acceptors (Lipinski definition) is 6. The SMILES string of the molecule is N=C(N)c1ccc(O)c(/C=C/CNC(=O)c2ccc(-c3cccnc3)cc2)c1.O=C(O)C(F)(F)F.O=C(O)C(F)(F)F. The van der Waals surface area contributed by atoms with Gasteiger partial charge in [-0.2, -0.15) is 26.3 Å². The van der Waals surface area contributed by atoms with E-state index in [2.05, 4.69) is 10.3 Å². The van der Waals surface area contributed by atoms with Crippen molar-refractivity contribution in [2.24, 2.45) is 5.73 Å². The lowest BCUT2D eigenvalue weighted by Crippen LogP contribution is -2.23. The summed E-state index contributed by atoms with van der Waals surface area (Å²) in [5.74, 6) is -5.69. The van der Waals surface area contributed by atoms with E-state index < -0.39 is 24.3 Å². The average molecular weight is 600 g/mol. The van der Waals surface area contributed by atoms with Crippen LogP contribution in [0.3, 0.4) is 0 Å². The Kier molecular flexibility index (Phi) is 12.7. The third-order valence-corrected chi connectivity index (χ3v) is 4.64. The van der Waals surface area contributed by atoms with Gasteiger partial charge in [0.2, 0.25) is 0 Å². The number of hydrogen-bond donors (Lipinski definition) is 6. The number of carbonyl (C=O) groups is 3. The van der Waals surface area contributed by atoms with E-state index in [1.807, 2.05) is 24.3 Å². The van der Waals surface area contributed by atoms with Crippen molar-refractivity contribution in [2.45, 2.75) is 12.4 Å². The summed E-state index contributed by atoms with van der Waals surface area (Å²) in [4.78, 5) is 34.1. The van der Waals surface area contributed by atoms with Gasteiger partial charge in [0.05, 0.1) is 0 Å². The van der Waals surface area contributed by atoms with E-state index in [9.17, 15) is 36.2 Å². The molecule has 0 unspecified atom stereocenters. The highest BCUT2D eigenvalue weighted by atomic mass is 19.4. The van der Waals surface area contributed by atoms with Crippen LogP contribution < -0.4 is 11.1 Å². The molecule has 0 bridgehead atoms. The summed E-state index contributed by atoms with van der Waals surface area (Å²) < 4.78 is 63.5.